The van der Waals surface area contributed by atoms with Crippen LogP contribution in [0.25, 0.3) is 11.3 Å². The molecule has 0 radical (unpaired) electrons. The van der Waals surface area contributed by atoms with E-state index in [1.807, 2.05) is 0 Å². The second kappa shape index (κ2) is 11.0. The molecule has 3 N–H and O–H groups in total. The Hall–Kier alpha value is -3.87. The first kappa shape index (κ1) is 26.2. The molecule has 0 aliphatic heterocycles. The van der Waals surface area contributed by atoms with Crippen LogP contribution < -0.4 is 15.2 Å². The van der Waals surface area contributed by atoms with Crippen molar-refractivity contribution in [2.24, 2.45) is 10.7 Å². The van der Waals surface area contributed by atoms with E-state index in [4.69, 9.17) is 22.1 Å². The molecule has 4 aromatic rings. The third-order valence-corrected chi connectivity index (χ3v) is 7.16. The minimum Gasteiger partial charge on any atom is -0.453 e. The molecule has 8 nitrogen and oxygen atoms in total. The van der Waals surface area contributed by atoms with Crippen molar-refractivity contribution in [3.8, 4) is 22.8 Å². The molecule has 2 aromatic heterocycles. The third-order valence-electron chi connectivity index (χ3n) is 4.91. The topological polar surface area (TPSA) is 120 Å². The van der Waals surface area contributed by atoms with Gasteiger partial charge in [-0.15, -0.1) is 11.3 Å². The van der Waals surface area contributed by atoms with Crippen molar-refractivity contribution in [3.05, 3.63) is 94.0 Å². The normalized spacial score (nSPS) is 12.2. The van der Waals surface area contributed by atoms with Crippen LogP contribution in [0, 0.1) is 11.6 Å². The maximum atomic E-state index is 14.9. The Kier molecular flexibility index (Phi) is 7.81. The van der Waals surface area contributed by atoms with Gasteiger partial charge in [-0.05, 0) is 42.6 Å². The zero-order valence-electron chi connectivity index (χ0n) is 19.0. The number of aromatic nitrogens is 2. The summed E-state index contributed by atoms with van der Waals surface area (Å²) in [6, 6.07) is 10.9. The molecule has 0 unspecified atom stereocenters. The third kappa shape index (κ3) is 5.77. The molecule has 0 amide bonds. The van der Waals surface area contributed by atoms with Crippen molar-refractivity contribution in [1.29, 1.82) is 0 Å². The fraction of sp³-hybridized carbons (Fsp3) is 0.0417. The number of hydrogen-bond acceptors (Lipinski definition) is 8. The lowest BCUT2D eigenvalue weighted by molar-refractivity contribution is 0.470. The first-order chi connectivity index (χ1) is 17.7. The molecule has 13 heteroatoms. The maximum absolute atomic E-state index is 14.9. The zero-order valence-corrected chi connectivity index (χ0v) is 21.4. The van der Waals surface area contributed by atoms with Gasteiger partial charge >= 0.3 is 0 Å². The molecule has 0 aliphatic carbocycles. The standard InChI is InChI=1S/C24H18ClF2N5O3S2/c1-29-19(8-9-28)24-20(7-6-18(31-24)14-4-2-3-5-16(14)26)35-21-11-17(27)22(10-15(21)25)37(33,34)32-23-12-36-13-30-23/h2-13,32H,28H2,1H3. The van der Waals surface area contributed by atoms with Crippen LogP contribution in [0.3, 0.4) is 0 Å². The van der Waals surface area contributed by atoms with Crippen molar-refractivity contribution in [3.63, 3.8) is 0 Å². The van der Waals surface area contributed by atoms with Gasteiger partial charge in [0.05, 0.1) is 21.9 Å². The number of hydrogen-bond donors (Lipinski definition) is 2. The Morgan fingerprint density at radius 3 is 2.62 bits per heavy atom. The lowest BCUT2D eigenvalue weighted by Gasteiger charge is -2.15. The van der Waals surface area contributed by atoms with Gasteiger partial charge in [0.1, 0.15) is 28.0 Å². The van der Waals surface area contributed by atoms with E-state index in [9.17, 15) is 17.2 Å². The maximum Gasteiger partial charge on any atom is 0.266 e. The van der Waals surface area contributed by atoms with Crippen LogP contribution in [0.4, 0.5) is 14.6 Å². The number of halogens is 3. The van der Waals surface area contributed by atoms with Crippen LogP contribution in [0.5, 0.6) is 11.5 Å². The second-order valence-corrected chi connectivity index (χ2v) is 10.1. The lowest BCUT2D eigenvalue weighted by atomic mass is 10.1. The average Bonchev–Trinajstić information content (AvgIpc) is 3.37. The van der Waals surface area contributed by atoms with Crippen molar-refractivity contribution < 1.29 is 21.9 Å². The highest BCUT2D eigenvalue weighted by Crippen LogP contribution is 2.36. The molecule has 0 bridgehead atoms. The molecule has 0 saturated heterocycles. The molecule has 0 saturated carbocycles. The summed E-state index contributed by atoms with van der Waals surface area (Å²) in [5.41, 5.74) is 7.96. The van der Waals surface area contributed by atoms with Crippen molar-refractivity contribution in [1.82, 2.24) is 9.97 Å². The van der Waals surface area contributed by atoms with Gasteiger partial charge in [-0.2, -0.15) is 0 Å². The number of nitrogens with one attached hydrogen (secondary N) is 1. The quantitative estimate of drug-likeness (QED) is 0.269. The number of nitrogens with two attached hydrogens (primary N) is 1. The number of pyridine rings is 1. The summed E-state index contributed by atoms with van der Waals surface area (Å²) in [6.45, 7) is 0. The number of aliphatic imine (C=N–C) groups is 1. The highest BCUT2D eigenvalue weighted by Gasteiger charge is 2.24. The summed E-state index contributed by atoms with van der Waals surface area (Å²) in [5.74, 6) is -1.62. The van der Waals surface area contributed by atoms with Gasteiger partial charge in [-0.3, -0.25) is 9.71 Å². The molecule has 37 heavy (non-hydrogen) atoms. The van der Waals surface area contributed by atoms with E-state index in [1.54, 1.807) is 18.2 Å². The molecule has 0 atom stereocenters. The molecule has 0 aliphatic rings. The summed E-state index contributed by atoms with van der Waals surface area (Å²) < 4.78 is 62.6. The minimum absolute atomic E-state index is 0.0471. The van der Waals surface area contributed by atoms with E-state index < -0.39 is 26.6 Å². The molecule has 2 heterocycles. The number of benzene rings is 2. The Morgan fingerprint density at radius 2 is 1.95 bits per heavy atom. The summed E-state index contributed by atoms with van der Waals surface area (Å²) in [4.78, 5) is 11.8. The van der Waals surface area contributed by atoms with E-state index in [0.29, 0.717) is 11.4 Å². The monoisotopic (exact) mass is 561 g/mol. The molecular weight excluding hydrogens is 544 g/mol. The van der Waals surface area contributed by atoms with Crippen LogP contribution in [-0.4, -0.2) is 31.1 Å². The number of ether oxygens (including phenoxy) is 1. The number of thiazole rings is 1. The Morgan fingerprint density at radius 1 is 1.16 bits per heavy atom. The van der Waals surface area contributed by atoms with Crippen LogP contribution >= 0.6 is 22.9 Å². The van der Waals surface area contributed by atoms with E-state index in [1.165, 1.54) is 59.8 Å². The summed E-state index contributed by atoms with van der Waals surface area (Å²) >= 11 is 7.45. The molecular formula is C24H18ClF2N5O3S2. The van der Waals surface area contributed by atoms with E-state index in [2.05, 4.69) is 19.7 Å². The Bertz CT molecular complexity index is 1610. The molecule has 0 fully saturated rings. The molecule has 190 valence electrons. The highest BCUT2D eigenvalue weighted by molar-refractivity contribution is 7.92. The molecule has 0 spiro atoms. The summed E-state index contributed by atoms with van der Waals surface area (Å²) in [5, 5.41) is 1.27. The minimum atomic E-state index is -4.31. The van der Waals surface area contributed by atoms with Gasteiger partial charge in [-0.1, -0.05) is 23.7 Å². The Labute approximate surface area is 220 Å². The first-order valence-corrected chi connectivity index (χ1v) is 13.2. The zero-order chi connectivity index (χ0) is 26.6. The number of anilines is 1. The van der Waals surface area contributed by atoms with Gasteiger partial charge in [-0.25, -0.2) is 27.2 Å². The van der Waals surface area contributed by atoms with Crippen LogP contribution in [0.1, 0.15) is 5.69 Å². The summed E-state index contributed by atoms with van der Waals surface area (Å²) in [6.07, 6.45) is 2.70. The van der Waals surface area contributed by atoms with Gasteiger partial charge in [0.2, 0.25) is 0 Å². The van der Waals surface area contributed by atoms with Crippen molar-refractivity contribution >= 4 is 44.5 Å². The largest absolute Gasteiger partial charge is 0.453 e. The van der Waals surface area contributed by atoms with Crippen LogP contribution in [0.15, 0.2) is 81.6 Å². The SMILES string of the molecule is CN=C(C=CN)c1nc(-c2ccccc2F)ccc1Oc1cc(F)c(S(=O)(=O)Nc2cscn2)cc1Cl. The van der Waals surface area contributed by atoms with Gasteiger partial charge in [0.25, 0.3) is 10.0 Å². The van der Waals surface area contributed by atoms with Gasteiger partial charge in [0, 0.05) is 24.1 Å². The first-order valence-electron chi connectivity index (χ1n) is 10.4. The van der Waals surface area contributed by atoms with Gasteiger partial charge < -0.3 is 10.5 Å². The average molecular weight is 562 g/mol. The smallest absolute Gasteiger partial charge is 0.266 e. The van der Waals surface area contributed by atoms with Crippen LogP contribution in [-0.2, 0) is 10.0 Å². The fourth-order valence-corrected chi connectivity index (χ4v) is 5.16. The van der Waals surface area contributed by atoms with Crippen molar-refractivity contribution in [2.45, 2.75) is 4.90 Å². The summed E-state index contributed by atoms with van der Waals surface area (Å²) in [7, 11) is -2.81. The number of sulfonamides is 1. The molecule has 2 aromatic carbocycles. The number of allylic oxidation sites excluding steroid dienone is 1. The van der Waals surface area contributed by atoms with E-state index >= 15 is 0 Å². The second-order valence-electron chi connectivity index (χ2n) is 7.29. The lowest BCUT2D eigenvalue weighted by Crippen LogP contribution is -2.15. The fourth-order valence-electron chi connectivity index (χ4n) is 3.25. The van der Waals surface area contributed by atoms with E-state index in [0.717, 1.165) is 12.1 Å². The number of rotatable bonds is 8. The van der Waals surface area contributed by atoms with Crippen molar-refractivity contribution in [2.75, 3.05) is 11.8 Å². The van der Waals surface area contributed by atoms with Crippen LogP contribution in [0.2, 0.25) is 5.02 Å². The predicted molar refractivity (Wildman–Crippen MR) is 140 cm³/mol. The van der Waals surface area contributed by atoms with Gasteiger partial charge in [0.15, 0.2) is 11.6 Å². The predicted octanol–water partition coefficient (Wildman–Crippen LogP) is 5.62. The Balaban J connectivity index is 1.75. The molecule has 4 rings (SSSR count). The number of nitrogens with zero attached hydrogens (tertiary/aromatic N) is 3. The van der Waals surface area contributed by atoms with E-state index in [-0.39, 0.29) is 33.6 Å². The highest BCUT2D eigenvalue weighted by atomic mass is 35.5.